The molecule has 0 aliphatic rings. The SMILES string of the molecule is Cc1ccccc1Oc1ccc(C(=O)c2ccc(O)cc2O)cc1. The predicted octanol–water partition coefficient (Wildman–Crippen LogP) is 4.43. The summed E-state index contributed by atoms with van der Waals surface area (Å²) in [5, 5.41) is 19.1. The van der Waals surface area contributed by atoms with Gasteiger partial charge < -0.3 is 14.9 Å². The van der Waals surface area contributed by atoms with Gasteiger partial charge in [-0.05, 0) is 55.0 Å². The number of carbonyl (C=O) groups excluding carboxylic acids is 1. The number of ether oxygens (including phenoxy) is 1. The normalized spacial score (nSPS) is 10.4. The van der Waals surface area contributed by atoms with Gasteiger partial charge in [0.2, 0.25) is 0 Å². The van der Waals surface area contributed by atoms with Crippen molar-refractivity contribution in [2.45, 2.75) is 6.92 Å². The molecule has 120 valence electrons. The first-order valence-corrected chi connectivity index (χ1v) is 7.45. The number of phenolic OH excluding ortho intramolecular Hbond substituents is 2. The highest BCUT2D eigenvalue weighted by Crippen LogP contribution is 2.27. The van der Waals surface area contributed by atoms with E-state index in [2.05, 4.69) is 0 Å². The summed E-state index contributed by atoms with van der Waals surface area (Å²) in [5.41, 5.74) is 1.58. The smallest absolute Gasteiger partial charge is 0.196 e. The van der Waals surface area contributed by atoms with Gasteiger partial charge in [-0.1, -0.05) is 18.2 Å². The van der Waals surface area contributed by atoms with Gasteiger partial charge in [0.25, 0.3) is 0 Å². The van der Waals surface area contributed by atoms with Crippen molar-refractivity contribution in [2.24, 2.45) is 0 Å². The van der Waals surface area contributed by atoms with Crippen molar-refractivity contribution in [3.63, 3.8) is 0 Å². The Balaban J connectivity index is 1.81. The van der Waals surface area contributed by atoms with E-state index in [1.165, 1.54) is 12.1 Å². The average Bonchev–Trinajstić information content (AvgIpc) is 2.57. The third-order valence-electron chi connectivity index (χ3n) is 3.66. The summed E-state index contributed by atoms with van der Waals surface area (Å²) in [5.74, 6) is 0.713. The highest BCUT2D eigenvalue weighted by atomic mass is 16.5. The average molecular weight is 320 g/mol. The van der Waals surface area contributed by atoms with Gasteiger partial charge in [0.1, 0.15) is 23.0 Å². The van der Waals surface area contributed by atoms with Crippen LogP contribution in [0.4, 0.5) is 0 Å². The number of aromatic hydroxyl groups is 2. The zero-order valence-corrected chi connectivity index (χ0v) is 13.1. The van der Waals surface area contributed by atoms with E-state index < -0.39 is 0 Å². The summed E-state index contributed by atoms with van der Waals surface area (Å²) in [6, 6.07) is 18.3. The lowest BCUT2D eigenvalue weighted by molar-refractivity contribution is 0.103. The fourth-order valence-corrected chi connectivity index (χ4v) is 2.34. The monoisotopic (exact) mass is 320 g/mol. The van der Waals surface area contributed by atoms with E-state index in [-0.39, 0.29) is 22.8 Å². The summed E-state index contributed by atoms with van der Waals surface area (Å²) in [4.78, 5) is 12.4. The van der Waals surface area contributed by atoms with Crippen molar-refractivity contribution in [3.05, 3.63) is 83.4 Å². The Morgan fingerprint density at radius 1 is 0.917 bits per heavy atom. The van der Waals surface area contributed by atoms with Crippen LogP contribution in [0.15, 0.2) is 66.7 Å². The second kappa shape index (κ2) is 6.46. The molecule has 0 aromatic heterocycles. The van der Waals surface area contributed by atoms with Crippen LogP contribution >= 0.6 is 0 Å². The molecule has 3 aromatic carbocycles. The Labute approximate surface area is 139 Å². The number of ketones is 1. The molecule has 0 spiro atoms. The molecule has 3 aromatic rings. The van der Waals surface area contributed by atoms with Gasteiger partial charge in [-0.2, -0.15) is 0 Å². The number of aryl methyl sites for hydroxylation is 1. The molecule has 4 heteroatoms. The second-order valence-electron chi connectivity index (χ2n) is 5.42. The van der Waals surface area contributed by atoms with Gasteiger partial charge in [-0.3, -0.25) is 4.79 Å². The summed E-state index contributed by atoms with van der Waals surface area (Å²) >= 11 is 0. The van der Waals surface area contributed by atoms with Crippen LogP contribution in [0.3, 0.4) is 0 Å². The fraction of sp³-hybridized carbons (Fsp3) is 0.0500. The summed E-state index contributed by atoms with van der Waals surface area (Å²) in [6.45, 7) is 1.96. The van der Waals surface area contributed by atoms with Crippen molar-refractivity contribution in [2.75, 3.05) is 0 Å². The van der Waals surface area contributed by atoms with E-state index in [1.807, 2.05) is 31.2 Å². The minimum Gasteiger partial charge on any atom is -0.508 e. The highest BCUT2D eigenvalue weighted by molar-refractivity contribution is 6.10. The molecule has 0 atom stereocenters. The Hall–Kier alpha value is -3.27. The van der Waals surface area contributed by atoms with E-state index >= 15 is 0 Å². The lowest BCUT2D eigenvalue weighted by Crippen LogP contribution is -2.01. The Bertz CT molecular complexity index is 882. The first-order valence-electron chi connectivity index (χ1n) is 7.45. The van der Waals surface area contributed by atoms with Crippen LogP contribution in [0.2, 0.25) is 0 Å². The van der Waals surface area contributed by atoms with Gasteiger partial charge in [0, 0.05) is 11.6 Å². The van der Waals surface area contributed by atoms with E-state index in [0.29, 0.717) is 11.3 Å². The highest BCUT2D eigenvalue weighted by Gasteiger charge is 2.14. The maximum atomic E-state index is 12.4. The molecule has 0 heterocycles. The standard InChI is InChI=1S/C20H16O4/c1-13-4-2-3-5-19(13)24-16-9-6-14(7-10-16)20(23)17-11-8-15(21)12-18(17)22/h2-12,21-22H,1H3. The third-order valence-corrected chi connectivity index (χ3v) is 3.66. The quantitative estimate of drug-likeness (QED) is 0.698. The van der Waals surface area contributed by atoms with E-state index in [1.54, 1.807) is 24.3 Å². The van der Waals surface area contributed by atoms with Crippen LogP contribution in [0.5, 0.6) is 23.0 Å². The van der Waals surface area contributed by atoms with Gasteiger partial charge in [0.15, 0.2) is 5.78 Å². The van der Waals surface area contributed by atoms with Gasteiger partial charge in [-0.15, -0.1) is 0 Å². The lowest BCUT2D eigenvalue weighted by Gasteiger charge is -2.09. The van der Waals surface area contributed by atoms with Crippen LogP contribution < -0.4 is 4.74 Å². The maximum Gasteiger partial charge on any atom is 0.196 e. The summed E-state index contributed by atoms with van der Waals surface area (Å²) in [7, 11) is 0. The molecule has 3 rings (SSSR count). The van der Waals surface area contributed by atoms with Crippen LogP contribution in [-0.4, -0.2) is 16.0 Å². The lowest BCUT2D eigenvalue weighted by atomic mass is 10.0. The topological polar surface area (TPSA) is 66.8 Å². The van der Waals surface area contributed by atoms with E-state index in [4.69, 9.17) is 4.74 Å². The zero-order valence-electron chi connectivity index (χ0n) is 13.1. The zero-order chi connectivity index (χ0) is 17.1. The van der Waals surface area contributed by atoms with Crippen molar-refractivity contribution in [1.82, 2.24) is 0 Å². The molecule has 24 heavy (non-hydrogen) atoms. The molecule has 0 unspecified atom stereocenters. The molecule has 0 aliphatic carbocycles. The molecular weight excluding hydrogens is 304 g/mol. The number of phenols is 2. The molecular formula is C20H16O4. The van der Waals surface area contributed by atoms with Gasteiger partial charge >= 0.3 is 0 Å². The molecule has 0 bridgehead atoms. The van der Waals surface area contributed by atoms with E-state index in [9.17, 15) is 15.0 Å². The first kappa shape index (κ1) is 15.6. The molecule has 4 nitrogen and oxygen atoms in total. The number of para-hydroxylation sites is 1. The van der Waals surface area contributed by atoms with Crippen LogP contribution in [0.1, 0.15) is 21.5 Å². The molecule has 2 N–H and O–H groups in total. The van der Waals surface area contributed by atoms with Crippen molar-refractivity contribution in [1.29, 1.82) is 0 Å². The number of carbonyl (C=O) groups is 1. The van der Waals surface area contributed by atoms with E-state index in [0.717, 1.165) is 17.4 Å². The Morgan fingerprint density at radius 3 is 2.29 bits per heavy atom. The van der Waals surface area contributed by atoms with Gasteiger partial charge in [0.05, 0.1) is 5.56 Å². The number of hydrogen-bond donors (Lipinski definition) is 2. The fourth-order valence-electron chi connectivity index (χ4n) is 2.34. The molecule has 0 radical (unpaired) electrons. The molecule has 0 aliphatic heterocycles. The summed E-state index contributed by atoms with van der Waals surface area (Å²) < 4.78 is 5.80. The predicted molar refractivity (Wildman–Crippen MR) is 90.9 cm³/mol. The minimum absolute atomic E-state index is 0.0916. The maximum absolute atomic E-state index is 12.4. The van der Waals surface area contributed by atoms with Crippen molar-refractivity contribution < 1.29 is 19.7 Å². The Morgan fingerprint density at radius 2 is 1.62 bits per heavy atom. The number of hydrogen-bond acceptors (Lipinski definition) is 4. The molecule has 0 saturated carbocycles. The second-order valence-corrected chi connectivity index (χ2v) is 5.42. The molecule has 0 saturated heterocycles. The number of benzene rings is 3. The van der Waals surface area contributed by atoms with Crippen molar-refractivity contribution in [3.8, 4) is 23.0 Å². The van der Waals surface area contributed by atoms with Crippen molar-refractivity contribution >= 4 is 5.78 Å². The molecule has 0 amide bonds. The van der Waals surface area contributed by atoms with Gasteiger partial charge in [-0.25, -0.2) is 0 Å². The Kier molecular flexibility index (Phi) is 4.20. The number of rotatable bonds is 4. The van der Waals surface area contributed by atoms with Crippen LogP contribution in [-0.2, 0) is 0 Å². The third kappa shape index (κ3) is 3.22. The minimum atomic E-state index is -0.324. The van der Waals surface area contributed by atoms with Crippen LogP contribution in [0, 0.1) is 6.92 Å². The molecule has 0 fully saturated rings. The van der Waals surface area contributed by atoms with Crippen LogP contribution in [0.25, 0.3) is 0 Å². The summed E-state index contributed by atoms with van der Waals surface area (Å²) in [6.07, 6.45) is 0. The largest absolute Gasteiger partial charge is 0.508 e. The first-order chi connectivity index (χ1) is 11.5.